The third-order valence-corrected chi connectivity index (χ3v) is 2.13. The van der Waals surface area contributed by atoms with Crippen LogP contribution in [0.1, 0.15) is 24.2 Å². The third-order valence-electron chi connectivity index (χ3n) is 2.13. The van der Waals surface area contributed by atoms with E-state index in [4.69, 9.17) is 10.3 Å². The summed E-state index contributed by atoms with van der Waals surface area (Å²) in [6.07, 6.45) is -0.756. The van der Waals surface area contributed by atoms with Gasteiger partial charge in [0.05, 0.1) is 17.9 Å². The van der Waals surface area contributed by atoms with Crippen LogP contribution in [0.2, 0.25) is 0 Å². The highest BCUT2D eigenvalue weighted by Gasteiger charge is 2.11. The molecule has 0 aliphatic rings. The average molecular weight is 277 g/mol. The second kappa shape index (κ2) is 7.65. The molecule has 8 nitrogen and oxygen atoms in total. The Morgan fingerprint density at radius 2 is 2.05 bits per heavy atom. The van der Waals surface area contributed by atoms with E-state index in [0.29, 0.717) is 0 Å². The van der Waals surface area contributed by atoms with Crippen LogP contribution in [0, 0.1) is 5.92 Å². The number of azide groups is 1. The molecule has 0 aromatic heterocycles. The first kappa shape index (κ1) is 15.3. The van der Waals surface area contributed by atoms with Crippen LogP contribution in [-0.4, -0.2) is 18.6 Å². The lowest BCUT2D eigenvalue weighted by atomic mass is 10.2. The van der Waals surface area contributed by atoms with E-state index in [1.54, 1.807) is 12.1 Å². The molecule has 2 amide bonds. The van der Waals surface area contributed by atoms with E-state index in [9.17, 15) is 9.59 Å². The highest BCUT2D eigenvalue weighted by molar-refractivity contribution is 5.99. The van der Waals surface area contributed by atoms with E-state index in [0.717, 1.165) is 0 Å². The van der Waals surface area contributed by atoms with Crippen LogP contribution in [0.3, 0.4) is 0 Å². The van der Waals surface area contributed by atoms with E-state index in [-0.39, 0.29) is 23.8 Å². The van der Waals surface area contributed by atoms with Gasteiger partial charge < -0.3 is 4.74 Å². The number of nitrogens with zero attached hydrogens (tertiary/aromatic N) is 3. The lowest BCUT2D eigenvalue weighted by Gasteiger charge is -2.10. The molecule has 0 spiro atoms. The van der Waals surface area contributed by atoms with Crippen molar-refractivity contribution in [2.75, 3.05) is 6.61 Å². The maximum absolute atomic E-state index is 11.8. The van der Waals surface area contributed by atoms with Crippen LogP contribution < -0.4 is 10.9 Å². The fraction of sp³-hybridized carbons (Fsp3) is 0.333. The molecule has 0 aliphatic carbocycles. The van der Waals surface area contributed by atoms with Gasteiger partial charge in [-0.3, -0.25) is 10.2 Å². The second-order valence-electron chi connectivity index (χ2n) is 4.28. The Morgan fingerprint density at radius 3 is 2.70 bits per heavy atom. The minimum absolute atomic E-state index is 0.148. The first-order valence-electron chi connectivity index (χ1n) is 5.91. The van der Waals surface area contributed by atoms with Crippen molar-refractivity contribution in [3.05, 3.63) is 40.3 Å². The maximum Gasteiger partial charge on any atom is 0.426 e. The Labute approximate surface area is 115 Å². The van der Waals surface area contributed by atoms with Crippen molar-refractivity contribution >= 4 is 17.7 Å². The standard InChI is InChI=1S/C12H15N5O3/c1-8(2)7-20-12(19)16-15-11(18)9-5-3-4-6-10(9)14-17-13/h3-6,8H,7H2,1-2H3,(H,15,18)(H,16,19). The molecule has 2 N–H and O–H groups in total. The molecule has 0 saturated carbocycles. The normalized spacial score (nSPS) is 9.55. The number of benzene rings is 1. The molecule has 0 radical (unpaired) electrons. The van der Waals surface area contributed by atoms with Gasteiger partial charge in [-0.25, -0.2) is 10.2 Å². The summed E-state index contributed by atoms with van der Waals surface area (Å²) in [6, 6.07) is 6.21. The zero-order valence-electron chi connectivity index (χ0n) is 11.2. The predicted molar refractivity (Wildman–Crippen MR) is 72.0 cm³/mol. The molecule has 1 aromatic carbocycles. The quantitative estimate of drug-likeness (QED) is 0.381. The molecule has 1 aromatic rings. The van der Waals surface area contributed by atoms with Gasteiger partial charge in [0.15, 0.2) is 0 Å². The van der Waals surface area contributed by atoms with Gasteiger partial charge >= 0.3 is 6.09 Å². The van der Waals surface area contributed by atoms with Crippen molar-refractivity contribution in [1.29, 1.82) is 0 Å². The smallest absolute Gasteiger partial charge is 0.426 e. The Morgan fingerprint density at radius 1 is 1.35 bits per heavy atom. The van der Waals surface area contributed by atoms with Crippen LogP contribution in [0.15, 0.2) is 29.4 Å². The van der Waals surface area contributed by atoms with E-state index in [1.807, 2.05) is 13.8 Å². The van der Waals surface area contributed by atoms with Crippen LogP contribution in [0.5, 0.6) is 0 Å². The topological polar surface area (TPSA) is 116 Å². The highest BCUT2D eigenvalue weighted by Crippen LogP contribution is 2.18. The molecule has 0 atom stereocenters. The highest BCUT2D eigenvalue weighted by atomic mass is 16.6. The van der Waals surface area contributed by atoms with E-state index < -0.39 is 12.0 Å². The summed E-state index contributed by atoms with van der Waals surface area (Å²) < 4.78 is 4.82. The van der Waals surface area contributed by atoms with E-state index >= 15 is 0 Å². The van der Waals surface area contributed by atoms with Gasteiger partial charge in [0, 0.05) is 4.91 Å². The van der Waals surface area contributed by atoms with E-state index in [2.05, 4.69) is 20.9 Å². The molecule has 0 saturated heterocycles. The van der Waals surface area contributed by atoms with Crippen molar-refractivity contribution in [3.63, 3.8) is 0 Å². The van der Waals surface area contributed by atoms with Gasteiger partial charge in [-0.2, -0.15) is 0 Å². The zero-order valence-corrected chi connectivity index (χ0v) is 11.2. The van der Waals surface area contributed by atoms with Crippen LogP contribution >= 0.6 is 0 Å². The van der Waals surface area contributed by atoms with Crippen molar-refractivity contribution < 1.29 is 14.3 Å². The van der Waals surface area contributed by atoms with Gasteiger partial charge in [0.25, 0.3) is 5.91 Å². The summed E-state index contributed by atoms with van der Waals surface area (Å²) in [5, 5.41) is 3.39. The lowest BCUT2D eigenvalue weighted by molar-refractivity contribution is 0.0901. The Hall–Kier alpha value is -2.73. The van der Waals surface area contributed by atoms with Crippen LogP contribution in [0.4, 0.5) is 10.5 Å². The minimum atomic E-state index is -0.756. The second-order valence-corrected chi connectivity index (χ2v) is 4.28. The number of nitrogens with one attached hydrogen (secondary N) is 2. The summed E-state index contributed by atoms with van der Waals surface area (Å²) in [5.41, 5.74) is 13.0. The van der Waals surface area contributed by atoms with Crippen molar-refractivity contribution in [3.8, 4) is 0 Å². The summed E-state index contributed by atoms with van der Waals surface area (Å²) in [6.45, 7) is 4.03. The lowest BCUT2D eigenvalue weighted by Crippen LogP contribution is -2.42. The number of rotatable bonds is 4. The molecular formula is C12H15N5O3. The number of hydrogen-bond donors (Lipinski definition) is 2. The fourth-order valence-electron chi connectivity index (χ4n) is 1.25. The number of ether oxygens (including phenoxy) is 1. The molecule has 0 unspecified atom stereocenters. The Kier molecular flexibility index (Phi) is 5.86. The van der Waals surface area contributed by atoms with Gasteiger partial charge in [0.2, 0.25) is 0 Å². The van der Waals surface area contributed by atoms with Gasteiger partial charge in [0.1, 0.15) is 0 Å². The molecule has 20 heavy (non-hydrogen) atoms. The molecule has 0 heterocycles. The molecule has 0 aliphatic heterocycles. The number of carbonyl (C=O) groups is 2. The Balaban J connectivity index is 2.59. The summed E-state index contributed by atoms with van der Waals surface area (Å²) in [5.74, 6) is -0.406. The summed E-state index contributed by atoms with van der Waals surface area (Å²) in [4.78, 5) is 25.7. The molecule has 0 bridgehead atoms. The average Bonchev–Trinajstić information content (AvgIpc) is 2.43. The largest absolute Gasteiger partial charge is 0.448 e. The van der Waals surface area contributed by atoms with Crippen LogP contribution in [0.25, 0.3) is 10.4 Å². The first-order valence-corrected chi connectivity index (χ1v) is 5.91. The maximum atomic E-state index is 11.8. The molecule has 8 heteroatoms. The molecule has 0 fully saturated rings. The summed E-state index contributed by atoms with van der Waals surface area (Å²) in [7, 11) is 0. The van der Waals surface area contributed by atoms with Crippen molar-refractivity contribution in [2.24, 2.45) is 11.0 Å². The molecule has 1 rings (SSSR count). The number of carbonyl (C=O) groups excluding carboxylic acids is 2. The number of amides is 2. The number of hydrogen-bond acceptors (Lipinski definition) is 4. The third kappa shape index (κ3) is 4.87. The van der Waals surface area contributed by atoms with Gasteiger partial charge in [-0.15, -0.1) is 0 Å². The van der Waals surface area contributed by atoms with E-state index in [1.165, 1.54) is 12.1 Å². The minimum Gasteiger partial charge on any atom is -0.448 e. The van der Waals surface area contributed by atoms with Crippen molar-refractivity contribution in [2.45, 2.75) is 13.8 Å². The summed E-state index contributed by atoms with van der Waals surface area (Å²) >= 11 is 0. The zero-order chi connectivity index (χ0) is 15.0. The number of hydrazine groups is 1. The first-order chi connectivity index (χ1) is 9.54. The Bertz CT molecular complexity index is 538. The van der Waals surface area contributed by atoms with Crippen LogP contribution in [-0.2, 0) is 4.74 Å². The fourth-order valence-corrected chi connectivity index (χ4v) is 1.25. The van der Waals surface area contributed by atoms with Gasteiger partial charge in [-0.1, -0.05) is 37.2 Å². The SMILES string of the molecule is CC(C)COC(=O)NNC(=O)c1ccccc1N=[N+]=[N-]. The predicted octanol–water partition coefficient (Wildman–Crippen LogP) is 2.66. The van der Waals surface area contributed by atoms with Crippen molar-refractivity contribution in [1.82, 2.24) is 10.9 Å². The monoisotopic (exact) mass is 277 g/mol. The molecular weight excluding hydrogens is 262 g/mol. The van der Waals surface area contributed by atoms with Gasteiger partial charge in [-0.05, 0) is 17.5 Å². The molecule has 106 valence electrons.